The number of carbonyl (C=O) groups is 1. The van der Waals surface area contributed by atoms with Crippen molar-refractivity contribution >= 4 is 22.6 Å². The number of aromatic nitrogens is 1. The fourth-order valence-electron chi connectivity index (χ4n) is 3.97. The Labute approximate surface area is 166 Å². The number of amides is 2. The summed E-state index contributed by atoms with van der Waals surface area (Å²) >= 11 is 0. The van der Waals surface area contributed by atoms with Crippen molar-refractivity contribution < 1.29 is 4.79 Å². The van der Waals surface area contributed by atoms with E-state index in [2.05, 4.69) is 53.6 Å². The van der Waals surface area contributed by atoms with Gasteiger partial charge in [-0.1, -0.05) is 30.3 Å². The summed E-state index contributed by atoms with van der Waals surface area (Å²) in [5, 5.41) is 4.06. The van der Waals surface area contributed by atoms with Crippen LogP contribution in [-0.2, 0) is 6.54 Å². The summed E-state index contributed by atoms with van der Waals surface area (Å²) < 4.78 is 0. The average Bonchev–Trinajstić information content (AvgIpc) is 3.18. The van der Waals surface area contributed by atoms with Crippen LogP contribution in [0.15, 0.2) is 60.8 Å². The van der Waals surface area contributed by atoms with Crippen LogP contribution in [0.25, 0.3) is 10.9 Å². The summed E-state index contributed by atoms with van der Waals surface area (Å²) in [4.78, 5) is 21.5. The van der Waals surface area contributed by atoms with Gasteiger partial charge in [-0.25, -0.2) is 4.79 Å². The van der Waals surface area contributed by atoms with Crippen molar-refractivity contribution in [2.75, 3.05) is 26.0 Å². The van der Waals surface area contributed by atoms with E-state index in [-0.39, 0.29) is 12.1 Å². The second kappa shape index (κ2) is 7.98. The molecule has 0 spiro atoms. The molecule has 1 fully saturated rings. The van der Waals surface area contributed by atoms with Gasteiger partial charge in [0.25, 0.3) is 0 Å². The molecule has 1 atom stereocenters. The van der Waals surface area contributed by atoms with Gasteiger partial charge in [0.2, 0.25) is 0 Å². The van der Waals surface area contributed by atoms with Crippen molar-refractivity contribution in [1.29, 1.82) is 0 Å². The van der Waals surface area contributed by atoms with Gasteiger partial charge < -0.3 is 15.1 Å². The number of benzene rings is 2. The number of hydrogen-bond donors (Lipinski definition) is 1. The monoisotopic (exact) mass is 374 g/mol. The summed E-state index contributed by atoms with van der Waals surface area (Å²) in [6.45, 7) is 1.70. The molecule has 4 rings (SSSR count). The smallest absolute Gasteiger partial charge is 0.317 e. The van der Waals surface area contributed by atoms with E-state index in [0.29, 0.717) is 0 Å². The van der Waals surface area contributed by atoms with Crippen molar-refractivity contribution in [2.45, 2.75) is 25.4 Å². The van der Waals surface area contributed by atoms with Crippen LogP contribution < -0.4 is 5.32 Å². The maximum absolute atomic E-state index is 13.0. The Morgan fingerprint density at radius 3 is 2.75 bits per heavy atom. The molecule has 1 aromatic heterocycles. The number of anilines is 1. The molecule has 0 radical (unpaired) electrons. The molecule has 0 saturated carbocycles. The van der Waals surface area contributed by atoms with Gasteiger partial charge in [0, 0.05) is 24.7 Å². The van der Waals surface area contributed by atoms with Crippen molar-refractivity contribution in [3.05, 3.63) is 71.9 Å². The number of hydrogen-bond acceptors (Lipinski definition) is 3. The van der Waals surface area contributed by atoms with E-state index >= 15 is 0 Å². The Morgan fingerprint density at radius 1 is 1.14 bits per heavy atom. The molecule has 2 amide bonds. The van der Waals surface area contributed by atoms with E-state index in [1.165, 1.54) is 11.1 Å². The highest BCUT2D eigenvalue weighted by atomic mass is 16.2. The van der Waals surface area contributed by atoms with Crippen molar-refractivity contribution in [1.82, 2.24) is 14.8 Å². The van der Waals surface area contributed by atoms with E-state index < -0.39 is 0 Å². The predicted octanol–water partition coefficient (Wildman–Crippen LogP) is 4.67. The second-order valence-electron chi connectivity index (χ2n) is 7.64. The van der Waals surface area contributed by atoms with Crippen LogP contribution in [0.5, 0.6) is 0 Å². The molecule has 1 N–H and O–H groups in total. The molecular formula is C23H26N4O. The SMILES string of the molecule is CN(C)Cc1ccc([C@H]2CCCN2C(=O)Nc2cccc3ncccc23)cc1. The lowest BCUT2D eigenvalue weighted by atomic mass is 10.0. The van der Waals surface area contributed by atoms with Gasteiger partial charge in [-0.05, 0) is 62.3 Å². The maximum atomic E-state index is 13.0. The van der Waals surface area contributed by atoms with Crippen LogP contribution in [0, 0.1) is 0 Å². The first-order valence-electron chi connectivity index (χ1n) is 9.77. The first-order valence-corrected chi connectivity index (χ1v) is 9.77. The third-order valence-electron chi connectivity index (χ3n) is 5.26. The summed E-state index contributed by atoms with van der Waals surface area (Å²) in [6.07, 6.45) is 3.79. The molecule has 1 aliphatic heterocycles. The Balaban J connectivity index is 1.52. The van der Waals surface area contributed by atoms with Gasteiger partial charge in [0.05, 0.1) is 17.2 Å². The lowest BCUT2D eigenvalue weighted by Gasteiger charge is -2.26. The molecule has 0 unspecified atom stereocenters. The summed E-state index contributed by atoms with van der Waals surface area (Å²) in [7, 11) is 4.14. The van der Waals surface area contributed by atoms with Gasteiger partial charge in [-0.2, -0.15) is 0 Å². The number of nitrogens with zero attached hydrogens (tertiary/aromatic N) is 3. The topological polar surface area (TPSA) is 48.5 Å². The Morgan fingerprint density at radius 2 is 1.96 bits per heavy atom. The minimum absolute atomic E-state index is 0.0452. The fraction of sp³-hybridized carbons (Fsp3) is 0.304. The summed E-state index contributed by atoms with van der Waals surface area (Å²) in [5.41, 5.74) is 4.18. The lowest BCUT2D eigenvalue weighted by molar-refractivity contribution is 0.207. The van der Waals surface area contributed by atoms with Crippen LogP contribution >= 0.6 is 0 Å². The molecule has 0 aliphatic carbocycles. The Bertz CT molecular complexity index is 963. The van der Waals surface area contributed by atoms with E-state index in [4.69, 9.17) is 0 Å². The Hall–Kier alpha value is -2.92. The molecule has 28 heavy (non-hydrogen) atoms. The van der Waals surface area contributed by atoms with Crippen LogP contribution in [0.1, 0.15) is 30.0 Å². The number of pyridine rings is 1. The standard InChI is InChI=1S/C23H26N4O/c1-26(2)16-17-10-12-18(13-11-17)22-9-5-15-27(22)23(28)25-21-8-3-7-20-19(21)6-4-14-24-20/h3-4,6-8,10-14,22H,5,9,15-16H2,1-2H3,(H,25,28)/t22-/m1/s1. The first kappa shape index (κ1) is 18.4. The lowest BCUT2D eigenvalue weighted by Crippen LogP contribution is -2.34. The molecule has 1 aliphatic rings. The van der Waals surface area contributed by atoms with Crippen LogP contribution in [0.4, 0.5) is 10.5 Å². The molecule has 5 nitrogen and oxygen atoms in total. The molecule has 2 heterocycles. The van der Waals surface area contributed by atoms with Gasteiger partial charge in [-0.15, -0.1) is 0 Å². The zero-order valence-electron chi connectivity index (χ0n) is 16.4. The second-order valence-corrected chi connectivity index (χ2v) is 7.64. The number of carbonyl (C=O) groups excluding carboxylic acids is 1. The maximum Gasteiger partial charge on any atom is 0.322 e. The molecule has 3 aromatic rings. The van der Waals surface area contributed by atoms with Gasteiger partial charge in [0.15, 0.2) is 0 Å². The highest BCUT2D eigenvalue weighted by molar-refractivity contribution is 6.00. The van der Waals surface area contributed by atoms with Crippen LogP contribution in [-0.4, -0.2) is 41.5 Å². The number of likely N-dealkylation sites (tertiary alicyclic amines) is 1. The third kappa shape index (κ3) is 3.85. The molecule has 144 valence electrons. The fourth-order valence-corrected chi connectivity index (χ4v) is 3.97. The van der Waals surface area contributed by atoms with Gasteiger partial charge in [0.1, 0.15) is 0 Å². The van der Waals surface area contributed by atoms with E-state index in [0.717, 1.165) is 42.5 Å². The van der Waals surface area contributed by atoms with Crippen LogP contribution in [0.2, 0.25) is 0 Å². The largest absolute Gasteiger partial charge is 0.322 e. The number of nitrogens with one attached hydrogen (secondary N) is 1. The average molecular weight is 374 g/mol. The van der Waals surface area contributed by atoms with Crippen molar-refractivity contribution in [2.24, 2.45) is 0 Å². The number of fused-ring (bicyclic) bond motifs is 1. The minimum atomic E-state index is -0.0452. The highest BCUT2D eigenvalue weighted by Crippen LogP contribution is 2.33. The number of urea groups is 1. The quantitative estimate of drug-likeness (QED) is 0.722. The molecule has 0 bridgehead atoms. The first-order chi connectivity index (χ1) is 13.6. The Kier molecular flexibility index (Phi) is 5.26. The third-order valence-corrected chi connectivity index (χ3v) is 5.26. The molecule has 2 aromatic carbocycles. The molecular weight excluding hydrogens is 348 g/mol. The highest BCUT2D eigenvalue weighted by Gasteiger charge is 2.30. The zero-order valence-corrected chi connectivity index (χ0v) is 16.4. The van der Waals surface area contributed by atoms with Gasteiger partial charge in [-0.3, -0.25) is 4.98 Å². The van der Waals surface area contributed by atoms with Crippen LogP contribution in [0.3, 0.4) is 0 Å². The van der Waals surface area contributed by atoms with E-state index in [1.807, 2.05) is 35.2 Å². The van der Waals surface area contributed by atoms with E-state index in [9.17, 15) is 4.79 Å². The predicted molar refractivity (Wildman–Crippen MR) is 113 cm³/mol. The molecule has 5 heteroatoms. The van der Waals surface area contributed by atoms with E-state index in [1.54, 1.807) is 6.20 Å². The molecule has 1 saturated heterocycles. The minimum Gasteiger partial charge on any atom is -0.317 e. The van der Waals surface area contributed by atoms with Crippen molar-refractivity contribution in [3.63, 3.8) is 0 Å². The van der Waals surface area contributed by atoms with Gasteiger partial charge >= 0.3 is 6.03 Å². The summed E-state index contributed by atoms with van der Waals surface area (Å²) in [5.74, 6) is 0. The number of rotatable bonds is 4. The summed E-state index contributed by atoms with van der Waals surface area (Å²) in [6, 6.07) is 18.4. The normalized spacial score (nSPS) is 16.7. The van der Waals surface area contributed by atoms with Crippen molar-refractivity contribution in [3.8, 4) is 0 Å². The zero-order chi connectivity index (χ0) is 19.5.